The molecule has 1 amide bonds. The highest BCUT2D eigenvalue weighted by Gasteiger charge is 2.60. The van der Waals surface area contributed by atoms with Gasteiger partial charge >= 0.3 is 5.97 Å². The summed E-state index contributed by atoms with van der Waals surface area (Å²) in [4.78, 5) is 26.6. The van der Waals surface area contributed by atoms with Crippen molar-refractivity contribution in [1.29, 1.82) is 0 Å². The number of carboxylic acid groups (broad SMARTS) is 1. The lowest BCUT2D eigenvalue weighted by molar-refractivity contribution is -0.678. The quantitative estimate of drug-likeness (QED) is 0.312. The maximum atomic E-state index is 12.5. The van der Waals surface area contributed by atoms with Crippen LogP contribution in [0.15, 0.2) is 23.0 Å². The monoisotopic (exact) mass is 456 g/mol. The normalized spacial score (nSPS) is 31.4. The maximum absolute atomic E-state index is 12.5. The van der Waals surface area contributed by atoms with E-state index in [1.807, 2.05) is 33.4 Å². The number of amides is 1. The molecule has 166 valence electrons. The van der Waals surface area contributed by atoms with E-state index in [9.17, 15) is 19.8 Å². The molecule has 0 aliphatic carbocycles. The molecule has 4 heterocycles. The van der Waals surface area contributed by atoms with Crippen LogP contribution in [0.5, 0.6) is 0 Å². The molecule has 1 aromatic rings. The number of fused-ring (bicyclic) bond motifs is 1. The Morgan fingerprint density at radius 1 is 1.47 bits per heavy atom. The number of β-lactam (4-membered cyclic amide) rings is 1. The van der Waals surface area contributed by atoms with Gasteiger partial charge in [-0.1, -0.05) is 6.92 Å². The minimum absolute atomic E-state index is 0. The number of aliphatic carboxylic acids is 1. The molecule has 2 saturated heterocycles. The second-order valence-corrected chi connectivity index (χ2v) is 9.84. The number of rotatable bonds is 6. The molecule has 30 heavy (non-hydrogen) atoms. The molecule has 0 spiro atoms. The highest BCUT2D eigenvalue weighted by Crippen LogP contribution is 2.51. The number of thioether (sulfide) groups is 1. The van der Waals surface area contributed by atoms with E-state index in [4.69, 9.17) is 0 Å². The zero-order chi connectivity index (χ0) is 21.0. The Hall–Kier alpha value is -1.55. The molecule has 4 rings (SSSR count). The van der Waals surface area contributed by atoms with Crippen LogP contribution in [0.25, 0.3) is 0 Å². The van der Waals surface area contributed by atoms with Crippen molar-refractivity contribution in [2.75, 3.05) is 6.54 Å². The number of aliphatic hydroxyl groups is 1. The number of halogens is 1. The lowest BCUT2D eigenvalue weighted by atomic mass is 9.79. The van der Waals surface area contributed by atoms with Gasteiger partial charge in [-0.15, -0.1) is 11.8 Å². The molecule has 0 radical (unpaired) electrons. The van der Waals surface area contributed by atoms with Gasteiger partial charge in [-0.05, 0) is 13.3 Å². The first kappa shape index (κ1) is 23.1. The lowest BCUT2D eigenvalue weighted by Gasteiger charge is -2.46. The molecule has 10 heteroatoms. The van der Waals surface area contributed by atoms with Gasteiger partial charge < -0.3 is 32.8 Å². The number of carboxylic acids is 1. The molecule has 0 saturated carbocycles. The predicted molar refractivity (Wildman–Crippen MR) is 108 cm³/mol. The summed E-state index contributed by atoms with van der Waals surface area (Å²) in [7, 11) is 4.08. The summed E-state index contributed by atoms with van der Waals surface area (Å²) in [6, 6.07) is 0.0884. The Kier molecular flexibility index (Phi) is 6.57. The number of aliphatic hydroxyl groups excluding tert-OH is 1. The van der Waals surface area contributed by atoms with Crippen molar-refractivity contribution >= 4 is 23.6 Å². The second kappa shape index (κ2) is 8.53. The molecule has 1 aromatic heterocycles. The van der Waals surface area contributed by atoms with Crippen molar-refractivity contribution in [1.82, 2.24) is 14.8 Å². The van der Waals surface area contributed by atoms with Crippen molar-refractivity contribution in [2.24, 2.45) is 25.9 Å². The van der Waals surface area contributed by atoms with Crippen LogP contribution < -0.4 is 22.3 Å². The molecule has 3 N–H and O–H groups in total. The summed E-state index contributed by atoms with van der Waals surface area (Å²) in [6.45, 7) is 4.39. The van der Waals surface area contributed by atoms with Crippen molar-refractivity contribution in [2.45, 2.75) is 50.1 Å². The van der Waals surface area contributed by atoms with Gasteiger partial charge in [-0.2, -0.15) is 0 Å². The van der Waals surface area contributed by atoms with E-state index in [0.717, 1.165) is 24.3 Å². The van der Waals surface area contributed by atoms with Gasteiger partial charge in [0.1, 0.15) is 18.1 Å². The molecule has 8 nitrogen and oxygen atoms in total. The zero-order valence-electron chi connectivity index (χ0n) is 17.6. The summed E-state index contributed by atoms with van der Waals surface area (Å²) >= 11 is 1.59. The van der Waals surface area contributed by atoms with Crippen LogP contribution in [-0.2, 0) is 30.1 Å². The molecule has 0 unspecified atom stereocenters. The fraction of sp³-hybridized carbons (Fsp3) is 0.650. The van der Waals surface area contributed by atoms with Crippen LogP contribution in [0, 0.1) is 11.8 Å². The summed E-state index contributed by atoms with van der Waals surface area (Å²) in [5.41, 5.74) is 0.117. The van der Waals surface area contributed by atoms with E-state index in [1.54, 1.807) is 18.7 Å². The molecule has 0 aromatic carbocycles. The standard InChI is InChI=1S/C20H28N4O4S.ClH/c1-10-16-15(11(2)25)19(26)24(16)17(20(27)28)18(10)29-13-7-12(21-9-13)8-14-22(3)5-6-23(14)4;/h5-6,10-13,15-16,21,25H,7-9H2,1-4H3;1H/t10-,11-,12+,13+,15-,16-;/m1./s1. The van der Waals surface area contributed by atoms with Gasteiger partial charge in [-0.25, -0.2) is 13.9 Å². The molecule has 3 aliphatic rings. The van der Waals surface area contributed by atoms with E-state index in [2.05, 4.69) is 14.5 Å². The summed E-state index contributed by atoms with van der Waals surface area (Å²) in [5, 5.41) is 23.6. The van der Waals surface area contributed by atoms with Crippen molar-refractivity contribution < 1.29 is 36.8 Å². The number of nitrogens with one attached hydrogen (secondary N) is 1. The number of aromatic nitrogens is 2. The minimum atomic E-state index is -1.06. The first-order chi connectivity index (χ1) is 13.7. The van der Waals surface area contributed by atoms with Gasteiger partial charge in [-0.3, -0.25) is 4.79 Å². The Bertz CT molecular complexity index is 867. The minimum Gasteiger partial charge on any atom is -1.00 e. The fourth-order valence-corrected chi connectivity index (χ4v) is 6.53. The summed E-state index contributed by atoms with van der Waals surface area (Å²) < 4.78 is 4.25. The number of aryl methyl sites for hydroxylation is 2. The van der Waals surface area contributed by atoms with Crippen LogP contribution >= 0.6 is 11.8 Å². The van der Waals surface area contributed by atoms with Crippen molar-refractivity contribution in [3.8, 4) is 0 Å². The maximum Gasteiger partial charge on any atom is 0.353 e. The number of carbonyl (C=O) groups is 2. The Labute approximate surface area is 186 Å². The molecular weight excluding hydrogens is 428 g/mol. The Morgan fingerprint density at radius 2 is 2.17 bits per heavy atom. The average molecular weight is 457 g/mol. The second-order valence-electron chi connectivity index (χ2n) is 8.49. The number of hydrogen-bond acceptors (Lipinski definition) is 5. The van der Waals surface area contributed by atoms with E-state index < -0.39 is 18.0 Å². The van der Waals surface area contributed by atoms with Gasteiger partial charge in [0.15, 0.2) is 0 Å². The Morgan fingerprint density at radius 3 is 2.73 bits per heavy atom. The van der Waals surface area contributed by atoms with E-state index in [1.165, 1.54) is 10.7 Å². The van der Waals surface area contributed by atoms with E-state index in [-0.39, 0.29) is 41.2 Å². The molecule has 6 atom stereocenters. The van der Waals surface area contributed by atoms with Crippen LogP contribution in [-0.4, -0.2) is 61.5 Å². The number of nitrogens with zero attached hydrogens (tertiary/aromatic N) is 3. The van der Waals surface area contributed by atoms with Gasteiger partial charge in [0.2, 0.25) is 5.91 Å². The van der Waals surface area contributed by atoms with Gasteiger partial charge in [0.25, 0.3) is 5.82 Å². The summed E-state index contributed by atoms with van der Waals surface area (Å²) in [6.07, 6.45) is 5.17. The molecular formula is C20H29ClN4O4S. The highest BCUT2D eigenvalue weighted by molar-refractivity contribution is 8.03. The zero-order valence-corrected chi connectivity index (χ0v) is 19.2. The fourth-order valence-electron chi connectivity index (χ4n) is 5.01. The number of imidazole rings is 1. The third-order valence-corrected chi connectivity index (χ3v) is 8.05. The van der Waals surface area contributed by atoms with Crippen LogP contribution in [0.4, 0.5) is 0 Å². The lowest BCUT2D eigenvalue weighted by Crippen LogP contribution is -3.00. The summed E-state index contributed by atoms with van der Waals surface area (Å²) in [5.74, 6) is -0.680. The van der Waals surface area contributed by atoms with Gasteiger partial charge in [0.05, 0.1) is 38.6 Å². The largest absolute Gasteiger partial charge is 1.00 e. The highest BCUT2D eigenvalue weighted by atomic mass is 35.5. The van der Waals surface area contributed by atoms with E-state index in [0.29, 0.717) is 6.04 Å². The topological polar surface area (TPSA) is 98.7 Å². The SMILES string of the molecule is C[C@@H](O)[C@H]1C(=O)N2C(C(=O)O)=C(S[C@@H]3CN[C@H](Cc4n(C)cc[n+]4C)C3)[C@H](C)[C@H]12.[Cl-]. The smallest absolute Gasteiger partial charge is 0.353 e. The van der Waals surface area contributed by atoms with Crippen LogP contribution in [0.3, 0.4) is 0 Å². The molecule has 3 aliphatic heterocycles. The third kappa shape index (κ3) is 3.66. The third-order valence-electron chi connectivity index (χ3n) is 6.54. The number of carbonyl (C=O) groups excluding carboxylic acids is 1. The predicted octanol–water partition coefficient (Wildman–Crippen LogP) is -2.99. The van der Waals surface area contributed by atoms with Crippen molar-refractivity contribution in [3.63, 3.8) is 0 Å². The van der Waals surface area contributed by atoms with Crippen LogP contribution in [0.1, 0.15) is 26.1 Å². The van der Waals surface area contributed by atoms with Crippen LogP contribution in [0.2, 0.25) is 0 Å². The van der Waals surface area contributed by atoms with Crippen molar-refractivity contribution in [3.05, 3.63) is 28.8 Å². The molecule has 2 fully saturated rings. The number of hydrogen-bond donors (Lipinski definition) is 3. The first-order valence-corrected chi connectivity index (χ1v) is 11.0. The van der Waals surface area contributed by atoms with Gasteiger partial charge in [0, 0.05) is 28.7 Å². The van der Waals surface area contributed by atoms with E-state index >= 15 is 0 Å². The average Bonchev–Trinajstić information content (AvgIpc) is 3.28. The Balaban J connectivity index is 0.00000256. The first-order valence-electron chi connectivity index (χ1n) is 10.1. The molecule has 0 bridgehead atoms.